The lowest BCUT2D eigenvalue weighted by Gasteiger charge is -2.16. The Labute approximate surface area is 191 Å². The summed E-state index contributed by atoms with van der Waals surface area (Å²) >= 11 is 3.32. The van der Waals surface area contributed by atoms with E-state index in [1.165, 1.54) is 14.2 Å². The average Bonchev–Trinajstić information content (AvgIpc) is 2.79. The maximum absolute atomic E-state index is 12.3. The van der Waals surface area contributed by atoms with E-state index >= 15 is 0 Å². The maximum atomic E-state index is 12.3. The second kappa shape index (κ2) is 14.1. The summed E-state index contributed by atoms with van der Waals surface area (Å²) in [6.07, 6.45) is 0.191. The van der Waals surface area contributed by atoms with Crippen LogP contribution >= 0.6 is 23.5 Å². The summed E-state index contributed by atoms with van der Waals surface area (Å²) in [6.45, 7) is 4.20. The number of carbonyl (C=O) groups excluding carboxylic acids is 2. The molecule has 31 heavy (non-hydrogen) atoms. The summed E-state index contributed by atoms with van der Waals surface area (Å²) in [5, 5.41) is 0.800. The number of benzene rings is 2. The van der Waals surface area contributed by atoms with Crippen LogP contribution in [0.3, 0.4) is 0 Å². The number of rotatable bonds is 9. The molecule has 0 fully saturated rings. The third-order valence-electron chi connectivity index (χ3n) is 3.93. The predicted molar refractivity (Wildman–Crippen MR) is 123 cm³/mol. The van der Waals surface area contributed by atoms with Crippen molar-refractivity contribution in [3.63, 3.8) is 0 Å². The average molecular weight is 515 g/mol. The van der Waals surface area contributed by atoms with Gasteiger partial charge in [-0.1, -0.05) is 40.2 Å². The Hall–Kier alpha value is -1.99. The van der Waals surface area contributed by atoms with Gasteiger partial charge in [-0.15, -0.1) is 0 Å². The van der Waals surface area contributed by atoms with Crippen LogP contribution < -0.4 is 0 Å². The zero-order chi connectivity index (χ0) is 23.3. The molecule has 0 radical (unpaired) electrons. The van der Waals surface area contributed by atoms with Gasteiger partial charge in [0.2, 0.25) is 0 Å². The van der Waals surface area contributed by atoms with Crippen LogP contribution in [-0.4, -0.2) is 39.4 Å². The van der Waals surface area contributed by atoms with E-state index in [0.717, 1.165) is 16.5 Å². The summed E-state index contributed by atoms with van der Waals surface area (Å²) in [6, 6.07) is 14.0. The molecule has 0 N–H and O–H groups in total. The Balaban J connectivity index is 0.000000343. The molecular weight excluding hydrogens is 487 g/mol. The third-order valence-corrected chi connectivity index (χ3v) is 6.64. The molecule has 0 unspecified atom stereocenters. The van der Waals surface area contributed by atoms with Gasteiger partial charge >= 0.3 is 19.5 Å². The van der Waals surface area contributed by atoms with Crippen molar-refractivity contribution >= 4 is 35.5 Å². The molecule has 0 saturated heterocycles. The number of hydrogen-bond donors (Lipinski definition) is 0. The number of alkyl halides is 1. The van der Waals surface area contributed by atoms with E-state index in [4.69, 9.17) is 9.05 Å². The van der Waals surface area contributed by atoms with Gasteiger partial charge in [-0.3, -0.25) is 4.57 Å². The number of hydrogen-bond acceptors (Lipinski definition) is 7. The van der Waals surface area contributed by atoms with E-state index in [0.29, 0.717) is 24.3 Å². The van der Waals surface area contributed by atoms with Gasteiger partial charge in [0.05, 0.1) is 44.7 Å². The minimum absolute atomic E-state index is 0.191. The van der Waals surface area contributed by atoms with Crippen LogP contribution in [0.5, 0.6) is 0 Å². The molecule has 0 aliphatic heterocycles. The van der Waals surface area contributed by atoms with Crippen molar-refractivity contribution in [2.45, 2.75) is 25.3 Å². The Morgan fingerprint density at radius 2 is 1.16 bits per heavy atom. The molecule has 0 bridgehead atoms. The van der Waals surface area contributed by atoms with E-state index in [9.17, 15) is 14.2 Å². The molecule has 7 nitrogen and oxygen atoms in total. The normalized spacial score (nSPS) is 10.6. The maximum Gasteiger partial charge on any atom is 0.337 e. The van der Waals surface area contributed by atoms with Crippen LogP contribution in [0.15, 0.2) is 48.5 Å². The highest BCUT2D eigenvalue weighted by atomic mass is 79.9. The molecule has 0 spiro atoms. The van der Waals surface area contributed by atoms with Crippen LogP contribution in [0.2, 0.25) is 0 Å². The van der Waals surface area contributed by atoms with Crippen LogP contribution in [0, 0.1) is 0 Å². The fourth-order valence-electron chi connectivity index (χ4n) is 2.46. The van der Waals surface area contributed by atoms with Crippen LogP contribution in [0.1, 0.15) is 45.7 Å². The van der Waals surface area contributed by atoms with Crippen molar-refractivity contribution in [1.29, 1.82) is 0 Å². The lowest BCUT2D eigenvalue weighted by atomic mass is 10.1. The van der Waals surface area contributed by atoms with E-state index < -0.39 is 13.6 Å². The summed E-state index contributed by atoms with van der Waals surface area (Å²) in [4.78, 5) is 22.3. The van der Waals surface area contributed by atoms with Crippen molar-refractivity contribution in [2.24, 2.45) is 0 Å². The van der Waals surface area contributed by atoms with E-state index in [1.54, 1.807) is 50.2 Å². The fourth-order valence-corrected chi connectivity index (χ4v) is 4.53. The molecule has 0 atom stereocenters. The standard InChI is InChI=1S/C13H19O5P.C9H9BrO2/c1-4-17-19(15,18-5-2)10-11-6-8-12(9-7-11)13(14)16-3;1-12-9(11)8-4-2-7(6-10)3-5-8/h6-9H,4-5,10H2,1-3H3;2-5H,6H2,1H3. The number of carbonyl (C=O) groups is 2. The molecule has 0 heterocycles. The fraction of sp³-hybridized carbons (Fsp3) is 0.364. The van der Waals surface area contributed by atoms with Crippen molar-refractivity contribution < 1.29 is 32.7 Å². The van der Waals surface area contributed by atoms with Gasteiger partial charge in [0, 0.05) is 5.33 Å². The van der Waals surface area contributed by atoms with E-state index in [1.807, 2.05) is 12.1 Å². The first-order valence-electron chi connectivity index (χ1n) is 9.61. The van der Waals surface area contributed by atoms with Crippen molar-refractivity contribution in [3.8, 4) is 0 Å². The quantitative estimate of drug-likeness (QED) is 0.244. The molecule has 2 aromatic carbocycles. The summed E-state index contributed by atoms with van der Waals surface area (Å²) < 4.78 is 31.9. The molecule has 0 aromatic heterocycles. The van der Waals surface area contributed by atoms with E-state index in [2.05, 4.69) is 25.4 Å². The van der Waals surface area contributed by atoms with Crippen molar-refractivity contribution in [3.05, 3.63) is 70.8 Å². The molecule has 0 amide bonds. The minimum Gasteiger partial charge on any atom is -0.465 e. The SMILES string of the molecule is CCOP(=O)(Cc1ccc(C(=O)OC)cc1)OCC.COC(=O)c1ccc(CBr)cc1. The molecule has 2 rings (SSSR count). The van der Waals surface area contributed by atoms with E-state index in [-0.39, 0.29) is 12.1 Å². The Kier molecular flexibility index (Phi) is 12.3. The largest absolute Gasteiger partial charge is 0.465 e. The molecule has 2 aromatic rings. The smallest absolute Gasteiger partial charge is 0.337 e. The second-order valence-corrected chi connectivity index (χ2v) is 8.73. The highest BCUT2D eigenvalue weighted by molar-refractivity contribution is 9.08. The van der Waals surface area contributed by atoms with Gasteiger partial charge in [-0.2, -0.15) is 0 Å². The van der Waals surface area contributed by atoms with Gasteiger partial charge in [-0.25, -0.2) is 9.59 Å². The highest BCUT2D eigenvalue weighted by Crippen LogP contribution is 2.51. The van der Waals surface area contributed by atoms with Gasteiger partial charge in [0.1, 0.15) is 0 Å². The Morgan fingerprint density at radius 1 is 0.774 bits per heavy atom. The minimum atomic E-state index is -3.10. The Bertz CT molecular complexity index is 856. The number of ether oxygens (including phenoxy) is 2. The van der Waals surface area contributed by atoms with Crippen LogP contribution in [0.4, 0.5) is 0 Å². The van der Waals surface area contributed by atoms with Gasteiger partial charge < -0.3 is 18.5 Å². The lowest BCUT2D eigenvalue weighted by molar-refractivity contribution is 0.0592. The first-order valence-corrected chi connectivity index (χ1v) is 12.5. The summed E-state index contributed by atoms with van der Waals surface area (Å²) in [7, 11) is -0.399. The summed E-state index contributed by atoms with van der Waals surface area (Å²) in [5.41, 5.74) is 2.97. The third kappa shape index (κ3) is 9.35. The van der Waals surface area contributed by atoms with Crippen molar-refractivity contribution in [1.82, 2.24) is 0 Å². The first-order chi connectivity index (χ1) is 14.8. The topological polar surface area (TPSA) is 88.1 Å². The molecule has 0 saturated carbocycles. The zero-order valence-electron chi connectivity index (χ0n) is 18.1. The lowest BCUT2D eigenvalue weighted by Crippen LogP contribution is -2.02. The van der Waals surface area contributed by atoms with Gasteiger partial charge in [-0.05, 0) is 49.2 Å². The summed E-state index contributed by atoms with van der Waals surface area (Å²) in [5.74, 6) is -0.694. The highest BCUT2D eigenvalue weighted by Gasteiger charge is 2.24. The molecule has 9 heteroatoms. The zero-order valence-corrected chi connectivity index (χ0v) is 20.6. The van der Waals surface area contributed by atoms with Crippen LogP contribution in [-0.2, 0) is 34.6 Å². The van der Waals surface area contributed by atoms with Crippen molar-refractivity contribution in [2.75, 3.05) is 27.4 Å². The number of methoxy groups -OCH3 is 2. The number of halogens is 1. The first kappa shape index (κ1) is 27.0. The van der Waals surface area contributed by atoms with Crippen LogP contribution in [0.25, 0.3) is 0 Å². The predicted octanol–water partition coefficient (Wildman–Crippen LogP) is 5.61. The Morgan fingerprint density at radius 3 is 1.48 bits per heavy atom. The van der Waals surface area contributed by atoms with Gasteiger partial charge in [0.25, 0.3) is 0 Å². The molecule has 0 aliphatic carbocycles. The molecular formula is C22H28BrO7P. The molecule has 0 aliphatic rings. The molecule has 170 valence electrons. The monoisotopic (exact) mass is 514 g/mol. The number of esters is 2. The second-order valence-electron chi connectivity index (χ2n) is 6.12. The van der Waals surface area contributed by atoms with Gasteiger partial charge in [0.15, 0.2) is 0 Å².